The van der Waals surface area contributed by atoms with E-state index in [4.69, 9.17) is 0 Å². The van der Waals surface area contributed by atoms with E-state index in [1.165, 1.54) is 0 Å². The molecule has 3 amide bonds. The van der Waals surface area contributed by atoms with Crippen molar-refractivity contribution in [2.75, 3.05) is 42.9 Å². The molecule has 8 nitrogen and oxygen atoms in total. The van der Waals surface area contributed by atoms with Gasteiger partial charge in [0, 0.05) is 56.2 Å². The number of carbonyl (C=O) groups is 2. The number of likely N-dealkylation sites (N-methyl/N-ethyl adjacent to an activating group) is 1. The third kappa shape index (κ3) is 6.68. The Hall–Kier alpha value is -3.13. The van der Waals surface area contributed by atoms with E-state index >= 15 is 0 Å². The van der Waals surface area contributed by atoms with Crippen LogP contribution in [-0.2, 0) is 6.54 Å². The molecule has 1 aromatic carbocycles. The minimum absolute atomic E-state index is 0.0347. The molecule has 2 aromatic rings. The number of nitrogens with zero attached hydrogens (tertiary/aromatic N) is 3. The molecule has 3 rings (SSSR count). The standard InChI is InChI=1S/C23H32N6O2/c1-4-28-10-12-29(13-11-28)21-9-8-18(15-24-21)16-25-22(30)19-6-5-7-20(14-19)27-23(31)26-17(2)3/h5-9,14-15,17H,4,10-13,16H2,1-3H3,(H,25,30)(H2,26,27,31). The van der Waals surface area contributed by atoms with Crippen molar-refractivity contribution >= 4 is 23.4 Å². The quantitative estimate of drug-likeness (QED) is 0.636. The fraction of sp³-hybridized carbons (Fsp3) is 0.435. The van der Waals surface area contributed by atoms with Crippen LogP contribution in [0.3, 0.4) is 0 Å². The zero-order valence-corrected chi connectivity index (χ0v) is 18.5. The highest BCUT2D eigenvalue weighted by Gasteiger charge is 2.16. The van der Waals surface area contributed by atoms with Crippen LogP contribution in [0, 0.1) is 0 Å². The molecule has 0 aliphatic carbocycles. The summed E-state index contributed by atoms with van der Waals surface area (Å²) >= 11 is 0. The summed E-state index contributed by atoms with van der Waals surface area (Å²) in [5.41, 5.74) is 2.00. The summed E-state index contributed by atoms with van der Waals surface area (Å²) in [6.07, 6.45) is 1.82. The van der Waals surface area contributed by atoms with Gasteiger partial charge in [0.1, 0.15) is 5.82 Å². The maximum atomic E-state index is 12.5. The summed E-state index contributed by atoms with van der Waals surface area (Å²) in [6.45, 7) is 11.5. The number of anilines is 2. The molecule has 8 heteroatoms. The molecule has 0 radical (unpaired) electrons. The number of rotatable bonds is 7. The van der Waals surface area contributed by atoms with Crippen molar-refractivity contribution < 1.29 is 9.59 Å². The topological polar surface area (TPSA) is 89.6 Å². The molecule has 31 heavy (non-hydrogen) atoms. The minimum atomic E-state index is -0.296. The number of urea groups is 1. The molecular weight excluding hydrogens is 392 g/mol. The Kier molecular flexibility index (Phi) is 7.83. The summed E-state index contributed by atoms with van der Waals surface area (Å²) in [4.78, 5) is 33.7. The Balaban J connectivity index is 1.51. The van der Waals surface area contributed by atoms with Gasteiger partial charge in [-0.05, 0) is 50.2 Å². The Morgan fingerprint density at radius 2 is 1.87 bits per heavy atom. The summed E-state index contributed by atoms with van der Waals surface area (Å²) in [5, 5.41) is 8.41. The van der Waals surface area contributed by atoms with Gasteiger partial charge in [-0.15, -0.1) is 0 Å². The summed E-state index contributed by atoms with van der Waals surface area (Å²) in [7, 11) is 0. The largest absolute Gasteiger partial charge is 0.354 e. The number of pyridine rings is 1. The van der Waals surface area contributed by atoms with Crippen LogP contribution in [0.25, 0.3) is 0 Å². The second kappa shape index (κ2) is 10.8. The molecule has 0 bridgehead atoms. The number of aromatic nitrogens is 1. The predicted molar refractivity (Wildman–Crippen MR) is 123 cm³/mol. The van der Waals surface area contributed by atoms with Crippen LogP contribution in [-0.4, -0.2) is 60.6 Å². The van der Waals surface area contributed by atoms with Crippen molar-refractivity contribution in [3.05, 3.63) is 53.7 Å². The number of piperazine rings is 1. The first-order chi connectivity index (χ1) is 14.9. The van der Waals surface area contributed by atoms with Gasteiger partial charge >= 0.3 is 6.03 Å². The highest BCUT2D eigenvalue weighted by Crippen LogP contribution is 2.15. The van der Waals surface area contributed by atoms with Gasteiger partial charge in [-0.1, -0.05) is 19.1 Å². The van der Waals surface area contributed by atoms with E-state index in [9.17, 15) is 9.59 Å². The van der Waals surface area contributed by atoms with Crippen molar-refractivity contribution in [1.82, 2.24) is 20.5 Å². The maximum absolute atomic E-state index is 12.5. The Morgan fingerprint density at radius 3 is 2.52 bits per heavy atom. The number of hydrogen-bond acceptors (Lipinski definition) is 5. The van der Waals surface area contributed by atoms with E-state index in [0.29, 0.717) is 17.8 Å². The first kappa shape index (κ1) is 22.6. The molecule has 1 aromatic heterocycles. The van der Waals surface area contributed by atoms with Gasteiger partial charge in [-0.3, -0.25) is 4.79 Å². The van der Waals surface area contributed by atoms with Crippen molar-refractivity contribution in [2.24, 2.45) is 0 Å². The third-order valence-electron chi connectivity index (χ3n) is 5.21. The van der Waals surface area contributed by atoms with E-state index in [-0.39, 0.29) is 18.0 Å². The lowest BCUT2D eigenvalue weighted by Gasteiger charge is -2.34. The molecule has 2 heterocycles. The lowest BCUT2D eigenvalue weighted by atomic mass is 10.2. The molecule has 1 aliphatic rings. The van der Waals surface area contributed by atoms with Gasteiger partial charge < -0.3 is 25.8 Å². The molecule has 1 aliphatic heterocycles. The van der Waals surface area contributed by atoms with Crippen LogP contribution < -0.4 is 20.9 Å². The Labute approximate surface area is 184 Å². The van der Waals surface area contributed by atoms with E-state index in [2.05, 4.69) is 37.7 Å². The first-order valence-electron chi connectivity index (χ1n) is 10.8. The van der Waals surface area contributed by atoms with Gasteiger partial charge in [-0.25, -0.2) is 9.78 Å². The minimum Gasteiger partial charge on any atom is -0.354 e. The van der Waals surface area contributed by atoms with Crippen molar-refractivity contribution in [2.45, 2.75) is 33.4 Å². The van der Waals surface area contributed by atoms with Gasteiger partial charge in [0.25, 0.3) is 5.91 Å². The Morgan fingerprint density at radius 1 is 1.10 bits per heavy atom. The highest BCUT2D eigenvalue weighted by atomic mass is 16.2. The Bertz CT molecular complexity index is 876. The molecule has 1 saturated heterocycles. The zero-order valence-electron chi connectivity index (χ0n) is 18.5. The third-order valence-corrected chi connectivity index (χ3v) is 5.21. The molecule has 166 valence electrons. The fourth-order valence-corrected chi connectivity index (χ4v) is 3.45. The fourth-order valence-electron chi connectivity index (χ4n) is 3.45. The number of amides is 3. The van der Waals surface area contributed by atoms with Crippen LogP contribution in [0.5, 0.6) is 0 Å². The van der Waals surface area contributed by atoms with E-state index in [1.54, 1.807) is 24.3 Å². The smallest absolute Gasteiger partial charge is 0.319 e. The maximum Gasteiger partial charge on any atom is 0.319 e. The van der Waals surface area contributed by atoms with E-state index in [0.717, 1.165) is 44.1 Å². The molecule has 1 fully saturated rings. The lowest BCUT2D eigenvalue weighted by Crippen LogP contribution is -2.46. The second-order valence-corrected chi connectivity index (χ2v) is 7.96. The first-order valence-corrected chi connectivity index (χ1v) is 10.8. The van der Waals surface area contributed by atoms with Gasteiger partial charge in [0.05, 0.1) is 0 Å². The predicted octanol–water partition coefficient (Wildman–Crippen LogP) is 2.68. The van der Waals surface area contributed by atoms with Crippen molar-refractivity contribution in [1.29, 1.82) is 0 Å². The van der Waals surface area contributed by atoms with Crippen molar-refractivity contribution in [3.63, 3.8) is 0 Å². The summed E-state index contributed by atoms with van der Waals surface area (Å²) in [5.74, 6) is 0.775. The van der Waals surface area contributed by atoms with Crippen LogP contribution in [0.15, 0.2) is 42.6 Å². The molecule has 0 spiro atoms. The number of carbonyl (C=O) groups excluding carboxylic acids is 2. The van der Waals surface area contributed by atoms with Gasteiger partial charge in [0.15, 0.2) is 0 Å². The average Bonchev–Trinajstić information content (AvgIpc) is 2.77. The van der Waals surface area contributed by atoms with Crippen LogP contribution in [0.4, 0.5) is 16.3 Å². The number of benzene rings is 1. The monoisotopic (exact) mass is 424 g/mol. The van der Waals surface area contributed by atoms with Gasteiger partial charge in [0.2, 0.25) is 0 Å². The second-order valence-electron chi connectivity index (χ2n) is 7.96. The molecule has 0 saturated carbocycles. The number of hydrogen-bond donors (Lipinski definition) is 3. The highest BCUT2D eigenvalue weighted by molar-refractivity contribution is 5.96. The SMILES string of the molecule is CCN1CCN(c2ccc(CNC(=O)c3cccc(NC(=O)NC(C)C)c3)cn2)CC1. The van der Waals surface area contributed by atoms with E-state index < -0.39 is 0 Å². The lowest BCUT2D eigenvalue weighted by molar-refractivity contribution is 0.0951. The zero-order chi connectivity index (χ0) is 22.2. The normalized spacial score (nSPS) is 14.4. The summed E-state index contributed by atoms with van der Waals surface area (Å²) < 4.78 is 0. The van der Waals surface area contributed by atoms with Crippen LogP contribution in [0.1, 0.15) is 36.7 Å². The van der Waals surface area contributed by atoms with Crippen molar-refractivity contribution in [3.8, 4) is 0 Å². The molecule has 0 unspecified atom stereocenters. The van der Waals surface area contributed by atoms with Crippen LogP contribution >= 0.6 is 0 Å². The molecule has 0 atom stereocenters. The average molecular weight is 425 g/mol. The van der Waals surface area contributed by atoms with Gasteiger partial charge in [-0.2, -0.15) is 0 Å². The molecular formula is C23H32N6O2. The molecule has 3 N–H and O–H groups in total. The summed E-state index contributed by atoms with van der Waals surface area (Å²) in [6, 6.07) is 10.6. The number of nitrogens with one attached hydrogen (secondary N) is 3. The van der Waals surface area contributed by atoms with E-state index in [1.807, 2.05) is 32.2 Å². The van der Waals surface area contributed by atoms with Crippen LogP contribution in [0.2, 0.25) is 0 Å².